The molecule has 18 heavy (non-hydrogen) atoms. The number of benzene rings is 1. The third kappa shape index (κ3) is 2.23. The van der Waals surface area contributed by atoms with E-state index in [0.717, 1.165) is 28.9 Å². The maximum Gasteiger partial charge on any atom is 0.357 e. The number of hydrogen-bond acceptors (Lipinski definition) is 4. The van der Waals surface area contributed by atoms with E-state index in [4.69, 9.17) is 9.47 Å². The second-order valence-corrected chi connectivity index (χ2v) is 4.18. The lowest BCUT2D eigenvalue weighted by molar-refractivity contribution is -0.134. The van der Waals surface area contributed by atoms with Crippen LogP contribution in [-0.2, 0) is 16.0 Å². The van der Waals surface area contributed by atoms with E-state index in [-0.39, 0.29) is 5.97 Å². The summed E-state index contributed by atoms with van der Waals surface area (Å²) in [5, 5.41) is 0. The van der Waals surface area contributed by atoms with Gasteiger partial charge in [0.2, 0.25) is 0 Å². The van der Waals surface area contributed by atoms with E-state index in [9.17, 15) is 4.79 Å². The third-order valence-corrected chi connectivity index (χ3v) is 3.00. The lowest BCUT2D eigenvalue weighted by Crippen LogP contribution is -2.24. The summed E-state index contributed by atoms with van der Waals surface area (Å²) in [6.45, 7) is 4.73. The Morgan fingerprint density at radius 3 is 2.89 bits per heavy atom. The summed E-state index contributed by atoms with van der Waals surface area (Å²) >= 11 is 0. The van der Waals surface area contributed by atoms with Gasteiger partial charge in [0.25, 0.3) is 0 Å². The highest BCUT2D eigenvalue weighted by atomic mass is 16.5. The highest BCUT2D eigenvalue weighted by Crippen LogP contribution is 2.26. The van der Waals surface area contributed by atoms with Gasteiger partial charge in [0.1, 0.15) is 5.75 Å². The summed E-state index contributed by atoms with van der Waals surface area (Å²) in [6, 6.07) is 3.93. The first-order valence-electron chi connectivity index (χ1n) is 6.06. The fraction of sp³-hybridized carbons (Fsp3) is 0.429. The molecule has 0 saturated heterocycles. The average molecular weight is 247 g/mol. The first-order chi connectivity index (χ1) is 8.67. The molecule has 4 nitrogen and oxygen atoms in total. The van der Waals surface area contributed by atoms with Crippen LogP contribution in [-0.4, -0.2) is 31.9 Å². The van der Waals surface area contributed by atoms with Gasteiger partial charge in [-0.15, -0.1) is 0 Å². The molecular weight excluding hydrogens is 230 g/mol. The minimum Gasteiger partial charge on any atom is -0.496 e. The molecule has 0 unspecified atom stereocenters. The molecule has 4 heteroatoms. The first kappa shape index (κ1) is 12.6. The van der Waals surface area contributed by atoms with Crippen molar-refractivity contribution in [3.8, 4) is 5.75 Å². The molecule has 0 radical (unpaired) electrons. The Morgan fingerprint density at radius 1 is 1.44 bits per heavy atom. The lowest BCUT2D eigenvalue weighted by Gasteiger charge is -2.18. The van der Waals surface area contributed by atoms with Gasteiger partial charge in [-0.3, -0.25) is 4.99 Å². The van der Waals surface area contributed by atoms with Crippen molar-refractivity contribution < 1.29 is 14.3 Å². The Balaban J connectivity index is 2.43. The smallest absolute Gasteiger partial charge is 0.357 e. The number of rotatable bonds is 3. The molecule has 0 fully saturated rings. The minimum atomic E-state index is -0.344. The zero-order valence-corrected chi connectivity index (χ0v) is 10.9. The van der Waals surface area contributed by atoms with Crippen molar-refractivity contribution in [3.63, 3.8) is 0 Å². The summed E-state index contributed by atoms with van der Waals surface area (Å²) in [5.41, 5.74) is 3.40. The van der Waals surface area contributed by atoms with Crippen LogP contribution in [0.3, 0.4) is 0 Å². The Hall–Kier alpha value is -1.84. The molecule has 1 aliphatic heterocycles. The number of nitrogens with zero attached hydrogens (tertiary/aromatic N) is 1. The number of carbonyl (C=O) groups is 1. The maximum absolute atomic E-state index is 11.8. The number of esters is 1. The van der Waals surface area contributed by atoms with E-state index < -0.39 is 0 Å². The van der Waals surface area contributed by atoms with Crippen molar-refractivity contribution in [1.82, 2.24) is 0 Å². The van der Waals surface area contributed by atoms with Gasteiger partial charge in [0.05, 0.1) is 13.7 Å². The molecule has 0 bridgehead atoms. The molecule has 0 N–H and O–H groups in total. The van der Waals surface area contributed by atoms with Gasteiger partial charge in [0, 0.05) is 12.1 Å². The van der Waals surface area contributed by atoms with Crippen LogP contribution < -0.4 is 4.74 Å². The molecule has 1 aliphatic rings. The van der Waals surface area contributed by atoms with Gasteiger partial charge in [-0.2, -0.15) is 0 Å². The summed E-state index contributed by atoms with van der Waals surface area (Å²) in [4.78, 5) is 16.1. The second-order valence-electron chi connectivity index (χ2n) is 4.18. The Morgan fingerprint density at radius 2 is 2.22 bits per heavy atom. The van der Waals surface area contributed by atoms with Gasteiger partial charge < -0.3 is 9.47 Å². The average Bonchev–Trinajstić information content (AvgIpc) is 2.37. The predicted molar refractivity (Wildman–Crippen MR) is 69.5 cm³/mol. The number of aryl methyl sites for hydroxylation is 1. The zero-order chi connectivity index (χ0) is 13.1. The zero-order valence-electron chi connectivity index (χ0n) is 10.9. The van der Waals surface area contributed by atoms with Gasteiger partial charge in [-0.05, 0) is 43.5 Å². The number of methoxy groups -OCH3 is 1. The summed E-state index contributed by atoms with van der Waals surface area (Å²) in [7, 11) is 1.65. The van der Waals surface area contributed by atoms with Crippen LogP contribution in [0.1, 0.15) is 23.6 Å². The maximum atomic E-state index is 11.8. The Labute approximate surface area is 107 Å². The van der Waals surface area contributed by atoms with Gasteiger partial charge >= 0.3 is 5.97 Å². The first-order valence-corrected chi connectivity index (χ1v) is 6.06. The van der Waals surface area contributed by atoms with E-state index in [2.05, 4.69) is 4.99 Å². The lowest BCUT2D eigenvalue weighted by atomic mass is 9.95. The van der Waals surface area contributed by atoms with Crippen molar-refractivity contribution in [2.75, 3.05) is 20.3 Å². The standard InChI is InChI=1S/C14H17NO3/c1-4-18-14(16)13-11-7-9(2)12(17-3)8-10(11)5-6-15-13/h7-8H,4-6H2,1-3H3. The number of hydrogen-bond donors (Lipinski definition) is 0. The molecule has 0 amide bonds. The van der Waals surface area contributed by atoms with Gasteiger partial charge in [0.15, 0.2) is 5.71 Å². The van der Waals surface area contributed by atoms with Crippen LogP contribution in [0.25, 0.3) is 0 Å². The van der Waals surface area contributed by atoms with E-state index in [0.29, 0.717) is 18.9 Å². The van der Waals surface area contributed by atoms with E-state index in [1.165, 1.54) is 0 Å². The topological polar surface area (TPSA) is 47.9 Å². The molecule has 0 atom stereocenters. The van der Waals surface area contributed by atoms with E-state index in [1.807, 2.05) is 19.1 Å². The summed E-state index contributed by atoms with van der Waals surface area (Å²) in [6.07, 6.45) is 0.828. The number of carbonyl (C=O) groups excluding carboxylic acids is 1. The molecule has 2 rings (SSSR count). The molecule has 1 heterocycles. The van der Waals surface area contributed by atoms with Crippen LogP contribution in [0, 0.1) is 6.92 Å². The summed E-state index contributed by atoms with van der Waals surface area (Å²) < 4.78 is 10.3. The second kappa shape index (κ2) is 5.21. The monoisotopic (exact) mass is 247 g/mol. The minimum absolute atomic E-state index is 0.344. The van der Waals surface area contributed by atoms with Crippen molar-refractivity contribution in [3.05, 3.63) is 28.8 Å². The highest BCUT2D eigenvalue weighted by Gasteiger charge is 2.22. The molecule has 1 aromatic carbocycles. The van der Waals surface area contributed by atoms with Gasteiger partial charge in [-0.25, -0.2) is 4.79 Å². The SMILES string of the molecule is CCOC(=O)C1=NCCc2cc(OC)c(C)cc21. The normalized spacial score (nSPS) is 13.6. The van der Waals surface area contributed by atoms with Crippen molar-refractivity contribution >= 4 is 11.7 Å². The molecule has 0 spiro atoms. The molecule has 0 saturated carbocycles. The molecule has 0 aliphatic carbocycles. The van der Waals surface area contributed by atoms with Crippen LogP contribution in [0.4, 0.5) is 0 Å². The van der Waals surface area contributed by atoms with Crippen LogP contribution in [0.15, 0.2) is 17.1 Å². The molecule has 1 aromatic rings. The Kier molecular flexibility index (Phi) is 3.65. The largest absolute Gasteiger partial charge is 0.496 e. The number of aliphatic imine (C=N–C) groups is 1. The van der Waals surface area contributed by atoms with Gasteiger partial charge in [-0.1, -0.05) is 0 Å². The van der Waals surface area contributed by atoms with Crippen LogP contribution in [0.5, 0.6) is 5.75 Å². The molecule has 96 valence electrons. The highest BCUT2D eigenvalue weighted by molar-refractivity contribution is 6.43. The van der Waals surface area contributed by atoms with Crippen LogP contribution >= 0.6 is 0 Å². The van der Waals surface area contributed by atoms with E-state index in [1.54, 1.807) is 14.0 Å². The molecule has 0 aromatic heterocycles. The fourth-order valence-electron chi connectivity index (χ4n) is 2.12. The predicted octanol–water partition coefficient (Wildman–Crippen LogP) is 1.91. The van der Waals surface area contributed by atoms with Crippen molar-refractivity contribution in [2.45, 2.75) is 20.3 Å². The molecular formula is C14H17NO3. The van der Waals surface area contributed by atoms with E-state index >= 15 is 0 Å². The quantitative estimate of drug-likeness (QED) is 0.767. The van der Waals surface area contributed by atoms with Crippen molar-refractivity contribution in [2.24, 2.45) is 4.99 Å². The number of ether oxygens (including phenoxy) is 2. The summed E-state index contributed by atoms with van der Waals surface area (Å²) in [5.74, 6) is 0.502. The third-order valence-electron chi connectivity index (χ3n) is 3.00. The fourth-order valence-corrected chi connectivity index (χ4v) is 2.12. The number of fused-ring (bicyclic) bond motifs is 1. The Bertz CT molecular complexity index is 506. The van der Waals surface area contributed by atoms with Crippen molar-refractivity contribution in [1.29, 1.82) is 0 Å². The van der Waals surface area contributed by atoms with Crippen LogP contribution in [0.2, 0.25) is 0 Å².